The monoisotopic (exact) mass is 296 g/mol. The molecule has 0 aliphatic heterocycles. The number of carboxylic acid groups (broad SMARTS) is 1. The van der Waals surface area contributed by atoms with Crippen LogP contribution in [0.3, 0.4) is 0 Å². The molecule has 2 aromatic heterocycles. The number of amides is 1. The maximum Gasteiger partial charge on any atom is 0.358 e. The molecule has 0 unspecified atom stereocenters. The number of carbonyl (C=O) groups is 2. The van der Waals surface area contributed by atoms with Gasteiger partial charge in [0.1, 0.15) is 10.8 Å². The van der Waals surface area contributed by atoms with Crippen LogP contribution in [0.2, 0.25) is 5.15 Å². The van der Waals surface area contributed by atoms with Gasteiger partial charge in [0.2, 0.25) is 0 Å². The van der Waals surface area contributed by atoms with E-state index in [1.54, 1.807) is 0 Å². The molecule has 10 heteroatoms. The molecule has 1 amide bonds. The van der Waals surface area contributed by atoms with Crippen molar-refractivity contribution in [3.8, 4) is 0 Å². The molecule has 0 saturated carbocycles. The Bertz CT molecular complexity index is 626. The summed E-state index contributed by atoms with van der Waals surface area (Å²) in [6.45, 7) is 0.526. The second-order valence-electron chi connectivity index (χ2n) is 3.65. The van der Waals surface area contributed by atoms with E-state index in [4.69, 9.17) is 16.7 Å². The van der Waals surface area contributed by atoms with E-state index in [2.05, 4.69) is 25.6 Å². The van der Waals surface area contributed by atoms with Crippen molar-refractivity contribution in [1.29, 1.82) is 0 Å². The Morgan fingerprint density at radius 2 is 2.10 bits per heavy atom. The molecule has 104 valence electrons. The lowest BCUT2D eigenvalue weighted by Crippen LogP contribution is -2.28. The summed E-state index contributed by atoms with van der Waals surface area (Å²) >= 11 is 5.56. The van der Waals surface area contributed by atoms with Gasteiger partial charge in [0.15, 0.2) is 5.69 Å². The summed E-state index contributed by atoms with van der Waals surface area (Å²) in [6, 6.07) is 0. The number of rotatable bonds is 5. The highest BCUT2D eigenvalue weighted by molar-refractivity contribution is 6.29. The number of halogens is 1. The number of nitrogens with zero attached hydrogens (tertiary/aromatic N) is 5. The molecule has 2 heterocycles. The van der Waals surface area contributed by atoms with Crippen LogP contribution in [0.25, 0.3) is 0 Å². The van der Waals surface area contributed by atoms with Crippen molar-refractivity contribution >= 4 is 23.5 Å². The molecular formula is C10H9ClN6O3. The predicted molar refractivity (Wildman–Crippen MR) is 66.4 cm³/mol. The van der Waals surface area contributed by atoms with E-state index in [1.165, 1.54) is 23.3 Å². The Morgan fingerprint density at radius 3 is 2.70 bits per heavy atom. The van der Waals surface area contributed by atoms with Crippen molar-refractivity contribution in [2.24, 2.45) is 0 Å². The van der Waals surface area contributed by atoms with Gasteiger partial charge < -0.3 is 10.4 Å². The minimum absolute atomic E-state index is 0.138. The molecule has 0 aliphatic rings. The lowest BCUT2D eigenvalue weighted by Gasteiger charge is -2.03. The first-order valence-corrected chi connectivity index (χ1v) is 5.83. The molecule has 20 heavy (non-hydrogen) atoms. The standard InChI is InChI=1S/C10H9ClN6O3/c11-8-4-13-6(3-14-8)9(18)12-1-2-17-5-7(10(19)20)15-16-17/h3-5H,1-2H2,(H,12,18)(H,19,20). The predicted octanol–water partition coefficient (Wildman–Crippen LogP) is -0.150. The normalized spacial score (nSPS) is 10.2. The topological polar surface area (TPSA) is 123 Å². The van der Waals surface area contributed by atoms with E-state index in [-0.39, 0.29) is 29.6 Å². The highest BCUT2D eigenvalue weighted by Crippen LogP contribution is 2.01. The third-order valence-corrected chi connectivity index (χ3v) is 2.43. The minimum Gasteiger partial charge on any atom is -0.476 e. The quantitative estimate of drug-likeness (QED) is 0.786. The van der Waals surface area contributed by atoms with E-state index in [0.29, 0.717) is 0 Å². The molecule has 0 aromatic carbocycles. The van der Waals surface area contributed by atoms with Crippen LogP contribution in [0.5, 0.6) is 0 Å². The molecule has 0 fully saturated rings. The minimum atomic E-state index is -1.16. The van der Waals surface area contributed by atoms with Gasteiger partial charge in [-0.2, -0.15) is 0 Å². The van der Waals surface area contributed by atoms with E-state index in [9.17, 15) is 9.59 Å². The summed E-state index contributed by atoms with van der Waals surface area (Å²) in [6.07, 6.45) is 3.80. The number of carbonyl (C=O) groups excluding carboxylic acids is 1. The Balaban J connectivity index is 1.84. The second kappa shape index (κ2) is 6.06. The molecule has 9 nitrogen and oxygen atoms in total. The Morgan fingerprint density at radius 1 is 1.30 bits per heavy atom. The largest absolute Gasteiger partial charge is 0.476 e. The van der Waals surface area contributed by atoms with Gasteiger partial charge in [-0.1, -0.05) is 16.8 Å². The fraction of sp³-hybridized carbons (Fsp3) is 0.200. The molecule has 0 radical (unpaired) electrons. The van der Waals surface area contributed by atoms with E-state index >= 15 is 0 Å². The van der Waals surface area contributed by atoms with Crippen LogP contribution in [0.1, 0.15) is 21.0 Å². The van der Waals surface area contributed by atoms with Gasteiger partial charge in [-0.15, -0.1) is 5.10 Å². The Labute approximate surface area is 117 Å². The maximum absolute atomic E-state index is 11.7. The zero-order chi connectivity index (χ0) is 14.5. The maximum atomic E-state index is 11.7. The number of aromatic nitrogens is 5. The molecular weight excluding hydrogens is 288 g/mol. The Hall–Kier alpha value is -2.55. The lowest BCUT2D eigenvalue weighted by molar-refractivity contribution is 0.0690. The first-order chi connectivity index (χ1) is 9.56. The van der Waals surface area contributed by atoms with Gasteiger partial charge in [0, 0.05) is 6.54 Å². The third-order valence-electron chi connectivity index (χ3n) is 2.24. The van der Waals surface area contributed by atoms with Gasteiger partial charge >= 0.3 is 5.97 Å². The fourth-order valence-corrected chi connectivity index (χ4v) is 1.41. The molecule has 0 bridgehead atoms. The molecule has 2 rings (SSSR count). The summed E-state index contributed by atoms with van der Waals surface area (Å²) in [7, 11) is 0. The SMILES string of the molecule is O=C(O)c1cn(CCNC(=O)c2cnc(Cl)cn2)nn1. The highest BCUT2D eigenvalue weighted by Gasteiger charge is 2.09. The fourth-order valence-electron chi connectivity index (χ4n) is 1.31. The summed E-state index contributed by atoms with van der Waals surface area (Å²) < 4.78 is 1.32. The van der Waals surface area contributed by atoms with Crippen LogP contribution in [0.15, 0.2) is 18.6 Å². The molecule has 0 aliphatic carbocycles. The number of nitrogens with one attached hydrogen (secondary N) is 1. The van der Waals surface area contributed by atoms with E-state index in [0.717, 1.165) is 0 Å². The number of hydrogen-bond donors (Lipinski definition) is 2. The first-order valence-electron chi connectivity index (χ1n) is 5.45. The second-order valence-corrected chi connectivity index (χ2v) is 4.04. The molecule has 2 aromatic rings. The average molecular weight is 297 g/mol. The Kier molecular flexibility index (Phi) is 4.20. The van der Waals surface area contributed by atoms with Gasteiger partial charge in [0.05, 0.1) is 25.1 Å². The van der Waals surface area contributed by atoms with Crippen molar-refractivity contribution in [1.82, 2.24) is 30.3 Å². The van der Waals surface area contributed by atoms with E-state index in [1.807, 2.05) is 0 Å². The van der Waals surface area contributed by atoms with Crippen molar-refractivity contribution in [3.05, 3.63) is 35.1 Å². The number of carboxylic acids is 1. The highest BCUT2D eigenvalue weighted by atomic mass is 35.5. The van der Waals surface area contributed by atoms with Gasteiger partial charge in [-0.25, -0.2) is 19.4 Å². The van der Waals surface area contributed by atoms with Crippen molar-refractivity contribution < 1.29 is 14.7 Å². The number of aromatic carboxylic acids is 1. The molecule has 0 atom stereocenters. The summed E-state index contributed by atoms with van der Waals surface area (Å²) in [4.78, 5) is 29.8. The smallest absolute Gasteiger partial charge is 0.358 e. The van der Waals surface area contributed by atoms with Crippen LogP contribution >= 0.6 is 11.6 Å². The van der Waals surface area contributed by atoms with Crippen LogP contribution in [-0.4, -0.2) is 48.5 Å². The van der Waals surface area contributed by atoms with Gasteiger partial charge in [-0.3, -0.25) is 4.79 Å². The zero-order valence-electron chi connectivity index (χ0n) is 10.0. The molecule has 0 spiro atoms. The van der Waals surface area contributed by atoms with Gasteiger partial charge in [-0.05, 0) is 0 Å². The van der Waals surface area contributed by atoms with Crippen molar-refractivity contribution in [2.75, 3.05) is 6.54 Å². The number of hydrogen-bond acceptors (Lipinski definition) is 6. The van der Waals surface area contributed by atoms with Crippen LogP contribution in [0.4, 0.5) is 0 Å². The summed E-state index contributed by atoms with van der Waals surface area (Å²) in [5, 5.41) is 18.5. The average Bonchev–Trinajstić information content (AvgIpc) is 2.88. The zero-order valence-corrected chi connectivity index (χ0v) is 10.8. The first kappa shape index (κ1) is 13.9. The van der Waals surface area contributed by atoms with Gasteiger partial charge in [0.25, 0.3) is 5.91 Å². The van der Waals surface area contributed by atoms with Crippen molar-refractivity contribution in [2.45, 2.75) is 6.54 Å². The van der Waals surface area contributed by atoms with Crippen LogP contribution < -0.4 is 5.32 Å². The summed E-state index contributed by atoms with van der Waals surface area (Å²) in [5.74, 6) is -1.57. The summed E-state index contributed by atoms with van der Waals surface area (Å²) in [5.41, 5.74) is -0.0147. The van der Waals surface area contributed by atoms with Crippen LogP contribution in [-0.2, 0) is 6.54 Å². The molecule has 0 saturated heterocycles. The van der Waals surface area contributed by atoms with E-state index < -0.39 is 11.9 Å². The van der Waals surface area contributed by atoms with Crippen molar-refractivity contribution in [3.63, 3.8) is 0 Å². The molecule has 2 N–H and O–H groups in total. The lowest BCUT2D eigenvalue weighted by atomic mass is 10.4. The third kappa shape index (κ3) is 3.48. The van der Waals surface area contributed by atoms with Crippen LogP contribution in [0, 0.1) is 0 Å².